The number of carbonyl (C=O) groups is 1. The molecule has 1 heterocycles. The van der Waals surface area contributed by atoms with E-state index in [0.717, 1.165) is 18.5 Å². The molecule has 1 N–H and O–H groups in total. The molecule has 1 fully saturated rings. The number of hydrogen-bond donors (Lipinski definition) is 1. The van der Waals surface area contributed by atoms with Gasteiger partial charge in [-0.25, -0.2) is 4.39 Å². The van der Waals surface area contributed by atoms with Crippen LogP contribution in [0.15, 0.2) is 12.1 Å². The fourth-order valence-corrected chi connectivity index (χ4v) is 2.76. The predicted molar refractivity (Wildman–Crippen MR) is 76.6 cm³/mol. The molecule has 0 saturated carbocycles. The van der Waals surface area contributed by atoms with E-state index in [0.29, 0.717) is 18.8 Å². The summed E-state index contributed by atoms with van der Waals surface area (Å²) in [4.78, 5) is 12.6. The van der Waals surface area contributed by atoms with Crippen molar-refractivity contribution in [2.24, 2.45) is 5.92 Å². The molecular weight excluding hydrogens is 257 g/mol. The molecule has 0 bridgehead atoms. The fourth-order valence-electron chi connectivity index (χ4n) is 2.76. The molecular formula is C16H22FNO2. The lowest BCUT2D eigenvalue weighted by atomic mass is 9.90. The van der Waals surface area contributed by atoms with Gasteiger partial charge in [-0.15, -0.1) is 0 Å². The Labute approximate surface area is 119 Å². The predicted octanol–water partition coefficient (Wildman–Crippen LogP) is 2.64. The van der Waals surface area contributed by atoms with Crippen molar-refractivity contribution in [3.63, 3.8) is 0 Å². The molecule has 0 aliphatic carbocycles. The largest absolute Gasteiger partial charge is 0.379 e. The zero-order valence-corrected chi connectivity index (χ0v) is 12.3. The Hall–Kier alpha value is -1.26. The normalized spacial score (nSPS) is 22.2. The molecule has 20 heavy (non-hydrogen) atoms. The highest BCUT2D eigenvalue weighted by Crippen LogP contribution is 2.24. The Kier molecular flexibility index (Phi) is 4.89. The zero-order valence-electron chi connectivity index (χ0n) is 12.3. The van der Waals surface area contributed by atoms with Gasteiger partial charge in [-0.2, -0.15) is 0 Å². The first-order chi connectivity index (χ1) is 9.54. The fraction of sp³-hybridized carbons (Fsp3) is 0.562. The molecule has 110 valence electrons. The standard InChI is InChI=1S/C16H22FNO2/c1-4-5-18-14-9-20-8-12(14)16(19)15-11(3)6-10(2)7-13(15)17/h6-7,12,14,18H,4-5,8-9H2,1-3H3. The average Bonchev–Trinajstić information content (AvgIpc) is 2.83. The highest BCUT2D eigenvalue weighted by molar-refractivity contribution is 6.00. The minimum absolute atomic E-state index is 0.0115. The van der Waals surface area contributed by atoms with Crippen molar-refractivity contribution in [3.8, 4) is 0 Å². The smallest absolute Gasteiger partial charge is 0.173 e. The van der Waals surface area contributed by atoms with Crippen LogP contribution in [0.4, 0.5) is 4.39 Å². The van der Waals surface area contributed by atoms with Crippen LogP contribution in [-0.4, -0.2) is 31.6 Å². The Morgan fingerprint density at radius 2 is 2.15 bits per heavy atom. The van der Waals surface area contributed by atoms with Crippen molar-refractivity contribution < 1.29 is 13.9 Å². The molecule has 0 amide bonds. The van der Waals surface area contributed by atoms with Crippen LogP contribution in [0.25, 0.3) is 0 Å². The Bertz CT molecular complexity index is 478. The maximum atomic E-state index is 14.1. The molecule has 2 atom stereocenters. The van der Waals surface area contributed by atoms with Gasteiger partial charge in [0.15, 0.2) is 5.78 Å². The van der Waals surface area contributed by atoms with Gasteiger partial charge in [0.05, 0.1) is 24.7 Å². The van der Waals surface area contributed by atoms with E-state index in [9.17, 15) is 9.18 Å². The third-order valence-electron chi connectivity index (χ3n) is 3.75. The topological polar surface area (TPSA) is 38.3 Å². The summed E-state index contributed by atoms with van der Waals surface area (Å²) in [6, 6.07) is 3.26. The first-order valence-electron chi connectivity index (χ1n) is 7.16. The summed E-state index contributed by atoms with van der Waals surface area (Å²) < 4.78 is 19.5. The summed E-state index contributed by atoms with van der Waals surface area (Å²) in [6.45, 7) is 7.41. The molecule has 0 spiro atoms. The zero-order chi connectivity index (χ0) is 14.7. The van der Waals surface area contributed by atoms with Gasteiger partial charge >= 0.3 is 0 Å². The summed E-state index contributed by atoms with van der Waals surface area (Å²) >= 11 is 0. The van der Waals surface area contributed by atoms with Crippen LogP contribution in [0.5, 0.6) is 0 Å². The third-order valence-corrected chi connectivity index (χ3v) is 3.75. The first-order valence-corrected chi connectivity index (χ1v) is 7.16. The molecule has 0 radical (unpaired) electrons. The molecule has 3 nitrogen and oxygen atoms in total. The number of rotatable bonds is 5. The van der Waals surface area contributed by atoms with E-state index in [1.165, 1.54) is 6.07 Å². The summed E-state index contributed by atoms with van der Waals surface area (Å²) in [5.74, 6) is -0.864. The summed E-state index contributed by atoms with van der Waals surface area (Å²) in [7, 11) is 0. The minimum Gasteiger partial charge on any atom is -0.379 e. The lowest BCUT2D eigenvalue weighted by Gasteiger charge is -2.19. The van der Waals surface area contributed by atoms with Crippen LogP contribution in [0, 0.1) is 25.6 Å². The maximum Gasteiger partial charge on any atom is 0.173 e. The van der Waals surface area contributed by atoms with Crippen molar-refractivity contribution in [3.05, 3.63) is 34.6 Å². The number of ketones is 1. The van der Waals surface area contributed by atoms with Crippen LogP contribution in [0.3, 0.4) is 0 Å². The van der Waals surface area contributed by atoms with Gasteiger partial charge in [-0.1, -0.05) is 13.0 Å². The molecule has 0 aromatic heterocycles. The summed E-state index contributed by atoms with van der Waals surface area (Å²) in [6.07, 6.45) is 0.995. The summed E-state index contributed by atoms with van der Waals surface area (Å²) in [5, 5.41) is 3.31. The summed E-state index contributed by atoms with van der Waals surface area (Å²) in [5.41, 5.74) is 1.75. The molecule has 2 unspecified atom stereocenters. The second-order valence-corrected chi connectivity index (χ2v) is 5.51. The van der Waals surface area contributed by atoms with E-state index in [-0.39, 0.29) is 23.3 Å². The number of ether oxygens (including phenoxy) is 1. The van der Waals surface area contributed by atoms with Crippen LogP contribution in [-0.2, 0) is 4.74 Å². The lowest BCUT2D eigenvalue weighted by Crippen LogP contribution is -2.40. The molecule has 1 aliphatic rings. The van der Waals surface area contributed by atoms with E-state index >= 15 is 0 Å². The van der Waals surface area contributed by atoms with Crippen molar-refractivity contribution in [2.45, 2.75) is 33.2 Å². The van der Waals surface area contributed by atoms with Gasteiger partial charge in [0.2, 0.25) is 0 Å². The molecule has 1 aromatic carbocycles. The van der Waals surface area contributed by atoms with E-state index in [4.69, 9.17) is 4.74 Å². The van der Waals surface area contributed by atoms with Crippen LogP contribution in [0.1, 0.15) is 34.8 Å². The van der Waals surface area contributed by atoms with Crippen LogP contribution < -0.4 is 5.32 Å². The number of benzene rings is 1. The highest BCUT2D eigenvalue weighted by Gasteiger charge is 2.35. The van der Waals surface area contributed by atoms with Gasteiger partial charge in [0.1, 0.15) is 5.82 Å². The number of Topliss-reactive ketones (excluding diaryl/α,β-unsaturated/α-hetero) is 1. The Morgan fingerprint density at radius 3 is 2.80 bits per heavy atom. The van der Waals surface area contributed by atoms with E-state index in [2.05, 4.69) is 12.2 Å². The van der Waals surface area contributed by atoms with E-state index in [1.54, 1.807) is 6.92 Å². The molecule has 1 aromatic rings. The number of hydrogen-bond acceptors (Lipinski definition) is 3. The van der Waals surface area contributed by atoms with Gasteiger partial charge in [0, 0.05) is 6.04 Å². The SMILES string of the molecule is CCCNC1COCC1C(=O)c1c(C)cc(C)cc1F. The Balaban J connectivity index is 2.22. The van der Waals surface area contributed by atoms with Gasteiger partial charge in [0.25, 0.3) is 0 Å². The van der Waals surface area contributed by atoms with Crippen molar-refractivity contribution in [1.82, 2.24) is 5.32 Å². The molecule has 4 heteroatoms. The van der Waals surface area contributed by atoms with Crippen molar-refractivity contribution >= 4 is 5.78 Å². The third kappa shape index (κ3) is 3.07. The molecule has 2 rings (SSSR count). The van der Waals surface area contributed by atoms with E-state index in [1.807, 2.05) is 13.0 Å². The monoisotopic (exact) mass is 279 g/mol. The highest BCUT2D eigenvalue weighted by atomic mass is 19.1. The first kappa shape index (κ1) is 15.1. The second-order valence-electron chi connectivity index (χ2n) is 5.51. The maximum absolute atomic E-state index is 14.1. The average molecular weight is 279 g/mol. The quantitative estimate of drug-likeness (QED) is 0.842. The minimum atomic E-state index is -0.423. The van der Waals surface area contributed by atoms with Gasteiger partial charge in [-0.3, -0.25) is 4.79 Å². The lowest BCUT2D eigenvalue weighted by molar-refractivity contribution is 0.0886. The van der Waals surface area contributed by atoms with Crippen molar-refractivity contribution in [2.75, 3.05) is 19.8 Å². The number of halogens is 1. The van der Waals surface area contributed by atoms with Crippen molar-refractivity contribution in [1.29, 1.82) is 0 Å². The van der Waals surface area contributed by atoms with Crippen LogP contribution in [0.2, 0.25) is 0 Å². The van der Waals surface area contributed by atoms with Gasteiger partial charge < -0.3 is 10.1 Å². The number of carbonyl (C=O) groups excluding carboxylic acids is 1. The number of nitrogens with one attached hydrogen (secondary N) is 1. The number of aryl methyl sites for hydroxylation is 2. The van der Waals surface area contributed by atoms with E-state index < -0.39 is 5.82 Å². The molecule has 1 aliphatic heterocycles. The van der Waals surface area contributed by atoms with Gasteiger partial charge in [-0.05, 0) is 44.0 Å². The second kappa shape index (κ2) is 6.46. The van der Waals surface area contributed by atoms with Crippen LogP contribution >= 0.6 is 0 Å². The molecule has 1 saturated heterocycles. The Morgan fingerprint density at radius 1 is 1.40 bits per heavy atom.